The molecular formula is C23H20FN5O3S2. The van der Waals surface area contributed by atoms with Gasteiger partial charge in [-0.05, 0) is 29.8 Å². The summed E-state index contributed by atoms with van der Waals surface area (Å²) in [5, 5.41) is 10.7. The average Bonchev–Trinajstić information content (AvgIpc) is 3.53. The van der Waals surface area contributed by atoms with E-state index in [0.29, 0.717) is 16.6 Å². The van der Waals surface area contributed by atoms with Crippen molar-refractivity contribution in [2.45, 2.75) is 29.8 Å². The Bertz CT molecular complexity index is 1320. The number of anilines is 1. The van der Waals surface area contributed by atoms with Gasteiger partial charge in [-0.3, -0.25) is 9.59 Å². The molecule has 174 valence electrons. The van der Waals surface area contributed by atoms with Gasteiger partial charge in [-0.25, -0.2) is 14.1 Å². The number of hydrogen-bond acceptors (Lipinski definition) is 7. The van der Waals surface area contributed by atoms with Gasteiger partial charge >= 0.3 is 0 Å². The fourth-order valence-electron chi connectivity index (χ4n) is 3.52. The Hall–Kier alpha value is -3.31. The number of benzene rings is 2. The Morgan fingerprint density at radius 3 is 2.76 bits per heavy atom. The van der Waals surface area contributed by atoms with Crippen molar-refractivity contribution in [2.75, 3.05) is 11.1 Å². The van der Waals surface area contributed by atoms with Crippen molar-refractivity contribution >= 4 is 52.3 Å². The fourth-order valence-corrected chi connectivity index (χ4v) is 5.20. The largest absolute Gasteiger partial charge is 0.431 e. The molecule has 0 fully saturated rings. The standard InChI is InChI=1S/C23H20FN5O3S2/c24-15-7-5-14(6-8-15)9-25-20(30)10-29-22(16-11-33-12-18(16)28-29)27-21(31)13-34-23-26-17-3-1-2-4-19(17)32-23/h1-8H,9-13H2,(H,25,30)(H,27,31). The molecule has 0 saturated carbocycles. The molecule has 0 radical (unpaired) electrons. The maximum Gasteiger partial charge on any atom is 0.257 e. The Morgan fingerprint density at radius 2 is 1.94 bits per heavy atom. The molecule has 2 aromatic heterocycles. The molecule has 11 heteroatoms. The summed E-state index contributed by atoms with van der Waals surface area (Å²) in [6, 6.07) is 13.4. The van der Waals surface area contributed by atoms with Gasteiger partial charge in [-0.1, -0.05) is 36.0 Å². The highest BCUT2D eigenvalue weighted by Gasteiger charge is 2.25. The van der Waals surface area contributed by atoms with Crippen LogP contribution < -0.4 is 10.6 Å². The van der Waals surface area contributed by atoms with Gasteiger partial charge in [-0.15, -0.1) is 0 Å². The van der Waals surface area contributed by atoms with Crippen LogP contribution in [0.5, 0.6) is 0 Å². The van der Waals surface area contributed by atoms with Crippen molar-refractivity contribution < 1.29 is 18.4 Å². The molecule has 2 N–H and O–H groups in total. The Morgan fingerprint density at radius 1 is 1.12 bits per heavy atom. The van der Waals surface area contributed by atoms with Gasteiger partial charge in [0.05, 0.1) is 11.4 Å². The SMILES string of the molecule is O=C(Cn1nc2c(c1NC(=O)CSc1nc3ccccc3o1)CSC2)NCc1ccc(F)cc1. The average molecular weight is 498 g/mol. The second-order valence-corrected chi connectivity index (χ2v) is 9.52. The number of halogens is 1. The van der Waals surface area contributed by atoms with Crippen molar-refractivity contribution in [1.29, 1.82) is 0 Å². The van der Waals surface area contributed by atoms with Crippen LogP contribution in [0.25, 0.3) is 11.1 Å². The lowest BCUT2D eigenvalue weighted by Gasteiger charge is -2.11. The van der Waals surface area contributed by atoms with Crippen LogP contribution in [0.3, 0.4) is 0 Å². The van der Waals surface area contributed by atoms with Crippen LogP contribution in [0.2, 0.25) is 0 Å². The molecule has 2 amide bonds. The summed E-state index contributed by atoms with van der Waals surface area (Å²) >= 11 is 2.92. The lowest BCUT2D eigenvalue weighted by Crippen LogP contribution is -2.29. The molecule has 0 bridgehead atoms. The Kier molecular flexibility index (Phi) is 6.54. The van der Waals surface area contributed by atoms with E-state index in [0.717, 1.165) is 33.8 Å². The minimum atomic E-state index is -0.325. The lowest BCUT2D eigenvalue weighted by atomic mass is 10.2. The Balaban J connectivity index is 1.22. The highest BCUT2D eigenvalue weighted by molar-refractivity contribution is 7.99. The minimum Gasteiger partial charge on any atom is -0.431 e. The van der Waals surface area contributed by atoms with E-state index >= 15 is 0 Å². The number of oxazole rings is 1. The zero-order valence-corrected chi connectivity index (χ0v) is 19.5. The highest BCUT2D eigenvalue weighted by atomic mass is 32.2. The summed E-state index contributed by atoms with van der Waals surface area (Å²) in [4.78, 5) is 29.6. The van der Waals surface area contributed by atoms with Crippen molar-refractivity contribution in [1.82, 2.24) is 20.1 Å². The van der Waals surface area contributed by atoms with Crippen LogP contribution in [-0.2, 0) is 34.2 Å². The number of amides is 2. The van der Waals surface area contributed by atoms with Crippen LogP contribution in [0, 0.1) is 5.82 Å². The summed E-state index contributed by atoms with van der Waals surface area (Å²) < 4.78 is 20.2. The maximum atomic E-state index is 13.1. The van der Waals surface area contributed by atoms with Gasteiger partial charge in [0, 0.05) is 23.6 Å². The van der Waals surface area contributed by atoms with E-state index in [1.807, 2.05) is 24.3 Å². The first kappa shape index (κ1) is 22.5. The van der Waals surface area contributed by atoms with Gasteiger partial charge < -0.3 is 15.1 Å². The molecule has 34 heavy (non-hydrogen) atoms. The molecule has 0 unspecified atom stereocenters. The predicted octanol–water partition coefficient (Wildman–Crippen LogP) is 3.96. The van der Waals surface area contributed by atoms with Crippen LogP contribution in [0.15, 0.2) is 58.2 Å². The van der Waals surface area contributed by atoms with Crippen molar-refractivity contribution in [2.24, 2.45) is 0 Å². The third kappa shape index (κ3) is 5.10. The number of para-hydroxylation sites is 2. The predicted molar refractivity (Wildman–Crippen MR) is 129 cm³/mol. The quantitative estimate of drug-likeness (QED) is 0.355. The molecule has 3 heterocycles. The molecule has 0 saturated heterocycles. The van der Waals surface area contributed by atoms with E-state index in [1.54, 1.807) is 23.9 Å². The first-order valence-corrected chi connectivity index (χ1v) is 12.6. The minimum absolute atomic E-state index is 0.0350. The van der Waals surface area contributed by atoms with Gasteiger partial charge in [0.1, 0.15) is 23.7 Å². The molecule has 5 rings (SSSR count). The number of nitrogens with zero attached hydrogens (tertiary/aromatic N) is 3. The molecule has 8 nitrogen and oxygen atoms in total. The summed E-state index contributed by atoms with van der Waals surface area (Å²) in [5.74, 6) is 1.29. The molecular weight excluding hydrogens is 477 g/mol. The summed E-state index contributed by atoms with van der Waals surface area (Å²) in [6.45, 7) is 0.242. The molecule has 0 spiro atoms. The molecule has 2 aromatic carbocycles. The monoisotopic (exact) mass is 497 g/mol. The van der Waals surface area contributed by atoms with Crippen molar-refractivity contribution in [3.63, 3.8) is 0 Å². The number of thioether (sulfide) groups is 2. The normalized spacial score (nSPS) is 12.6. The van der Waals surface area contributed by atoms with E-state index in [1.165, 1.54) is 28.6 Å². The zero-order valence-electron chi connectivity index (χ0n) is 17.9. The number of rotatable bonds is 8. The zero-order chi connectivity index (χ0) is 23.5. The summed E-state index contributed by atoms with van der Waals surface area (Å²) in [5.41, 5.74) is 4.02. The summed E-state index contributed by atoms with van der Waals surface area (Å²) in [7, 11) is 0. The van der Waals surface area contributed by atoms with Crippen molar-refractivity contribution in [3.8, 4) is 0 Å². The van der Waals surface area contributed by atoms with Crippen LogP contribution in [0.1, 0.15) is 16.8 Å². The second-order valence-electron chi connectivity index (χ2n) is 7.61. The van der Waals surface area contributed by atoms with Gasteiger partial charge in [0.15, 0.2) is 5.58 Å². The van der Waals surface area contributed by atoms with E-state index in [4.69, 9.17) is 4.42 Å². The third-order valence-electron chi connectivity index (χ3n) is 5.17. The first-order chi connectivity index (χ1) is 16.5. The summed E-state index contributed by atoms with van der Waals surface area (Å²) in [6.07, 6.45) is 0. The van der Waals surface area contributed by atoms with E-state index in [2.05, 4.69) is 20.7 Å². The molecule has 0 atom stereocenters. The first-order valence-electron chi connectivity index (χ1n) is 10.5. The number of fused-ring (bicyclic) bond motifs is 2. The van der Waals surface area contributed by atoms with E-state index < -0.39 is 0 Å². The van der Waals surface area contributed by atoms with Gasteiger partial charge in [0.2, 0.25) is 11.8 Å². The molecule has 1 aliphatic heterocycles. The van der Waals surface area contributed by atoms with E-state index in [9.17, 15) is 14.0 Å². The third-order valence-corrected chi connectivity index (χ3v) is 6.97. The molecule has 1 aliphatic rings. The van der Waals surface area contributed by atoms with E-state index in [-0.39, 0.29) is 36.5 Å². The fraction of sp³-hybridized carbons (Fsp3) is 0.217. The number of nitrogens with one attached hydrogen (secondary N) is 2. The number of hydrogen-bond donors (Lipinski definition) is 2. The van der Waals surface area contributed by atoms with Gasteiger partial charge in [-0.2, -0.15) is 16.9 Å². The van der Waals surface area contributed by atoms with Crippen LogP contribution in [0.4, 0.5) is 10.2 Å². The smallest absolute Gasteiger partial charge is 0.257 e. The maximum absolute atomic E-state index is 13.1. The lowest BCUT2D eigenvalue weighted by molar-refractivity contribution is -0.122. The van der Waals surface area contributed by atoms with Crippen molar-refractivity contribution in [3.05, 3.63) is 71.2 Å². The molecule has 0 aliphatic carbocycles. The van der Waals surface area contributed by atoms with Crippen LogP contribution >= 0.6 is 23.5 Å². The number of aromatic nitrogens is 3. The molecule has 4 aromatic rings. The van der Waals surface area contributed by atoms with Gasteiger partial charge in [0.25, 0.3) is 5.22 Å². The number of carbonyl (C=O) groups excluding carboxylic acids is 2. The highest BCUT2D eigenvalue weighted by Crippen LogP contribution is 2.35. The Labute approximate surface area is 202 Å². The van der Waals surface area contributed by atoms with Crippen LogP contribution in [-0.4, -0.2) is 32.3 Å². The topological polar surface area (TPSA) is 102 Å². The number of carbonyl (C=O) groups is 2. The second kappa shape index (κ2) is 9.90.